The van der Waals surface area contributed by atoms with Gasteiger partial charge in [0.2, 0.25) is 0 Å². The molecule has 0 fully saturated rings. The standard InChI is InChI=1S/C12H10.C4H5NO/c1-3-7-11(8-4-1)12-9-5-2-6-10-12;1-4-2-3-5-6-4/h1-10H;2-3H,1H3. The minimum Gasteiger partial charge on any atom is -0.362 e. The molecule has 3 rings (SSSR count). The maximum Gasteiger partial charge on any atom is 0.133 e. The second kappa shape index (κ2) is 6.40. The molecular weight excluding hydrogens is 222 g/mol. The summed E-state index contributed by atoms with van der Waals surface area (Å²) >= 11 is 0. The molecule has 0 aliphatic carbocycles. The van der Waals surface area contributed by atoms with Crippen molar-refractivity contribution in [3.05, 3.63) is 78.7 Å². The molecule has 2 aromatic carbocycles. The molecule has 18 heavy (non-hydrogen) atoms. The van der Waals surface area contributed by atoms with Crippen molar-refractivity contribution in [1.82, 2.24) is 5.16 Å². The van der Waals surface area contributed by atoms with E-state index in [0.29, 0.717) is 0 Å². The molecule has 2 nitrogen and oxygen atoms in total. The van der Waals surface area contributed by atoms with Gasteiger partial charge in [-0.15, -0.1) is 0 Å². The highest BCUT2D eigenvalue weighted by Crippen LogP contribution is 2.17. The summed E-state index contributed by atoms with van der Waals surface area (Å²) in [5, 5.41) is 3.45. The third-order valence-electron chi connectivity index (χ3n) is 2.45. The molecule has 0 atom stereocenters. The van der Waals surface area contributed by atoms with E-state index < -0.39 is 0 Å². The Hall–Kier alpha value is -2.35. The van der Waals surface area contributed by atoms with Gasteiger partial charge in [-0.05, 0) is 18.1 Å². The minimum atomic E-state index is 0.856. The van der Waals surface area contributed by atoms with E-state index in [1.807, 2.05) is 19.1 Å². The monoisotopic (exact) mass is 237 g/mol. The van der Waals surface area contributed by atoms with Gasteiger partial charge in [-0.2, -0.15) is 0 Å². The van der Waals surface area contributed by atoms with Crippen molar-refractivity contribution < 1.29 is 4.52 Å². The molecule has 0 saturated carbocycles. The lowest BCUT2D eigenvalue weighted by Crippen LogP contribution is -1.73. The minimum absolute atomic E-state index is 0.856. The molecule has 0 unspecified atom stereocenters. The predicted octanol–water partition coefficient (Wildman–Crippen LogP) is 4.34. The summed E-state index contributed by atoms with van der Waals surface area (Å²) in [6, 6.07) is 22.6. The smallest absolute Gasteiger partial charge is 0.133 e. The number of benzene rings is 2. The number of aromatic nitrogens is 1. The van der Waals surface area contributed by atoms with Crippen LogP contribution < -0.4 is 0 Å². The second-order valence-corrected chi connectivity index (χ2v) is 3.86. The van der Waals surface area contributed by atoms with E-state index in [1.165, 1.54) is 11.1 Å². The fourth-order valence-electron chi connectivity index (χ4n) is 1.54. The fourth-order valence-corrected chi connectivity index (χ4v) is 1.54. The third kappa shape index (κ3) is 3.59. The zero-order chi connectivity index (χ0) is 12.6. The van der Waals surface area contributed by atoms with Gasteiger partial charge < -0.3 is 4.52 Å². The lowest BCUT2D eigenvalue weighted by Gasteiger charge is -1.98. The van der Waals surface area contributed by atoms with Crippen LogP contribution in [-0.2, 0) is 0 Å². The first-order valence-electron chi connectivity index (χ1n) is 5.84. The Morgan fingerprint density at radius 3 is 1.50 bits per heavy atom. The number of hydrogen-bond donors (Lipinski definition) is 0. The van der Waals surface area contributed by atoms with E-state index in [0.717, 1.165) is 5.76 Å². The highest BCUT2D eigenvalue weighted by atomic mass is 16.5. The molecule has 1 heterocycles. The molecule has 0 N–H and O–H groups in total. The molecule has 0 aliphatic rings. The van der Waals surface area contributed by atoms with Gasteiger partial charge in [0.1, 0.15) is 5.76 Å². The zero-order valence-corrected chi connectivity index (χ0v) is 10.3. The molecule has 0 radical (unpaired) electrons. The molecule has 0 bridgehead atoms. The molecular formula is C16H15NO. The van der Waals surface area contributed by atoms with E-state index in [2.05, 4.69) is 58.2 Å². The summed E-state index contributed by atoms with van der Waals surface area (Å²) in [6.45, 7) is 1.85. The number of nitrogens with zero attached hydrogens (tertiary/aromatic N) is 1. The van der Waals surface area contributed by atoms with Gasteiger partial charge in [-0.25, -0.2) is 0 Å². The summed E-state index contributed by atoms with van der Waals surface area (Å²) in [5.41, 5.74) is 2.55. The van der Waals surface area contributed by atoms with Gasteiger partial charge in [-0.1, -0.05) is 65.8 Å². The van der Waals surface area contributed by atoms with Crippen LogP contribution in [0.1, 0.15) is 5.76 Å². The van der Waals surface area contributed by atoms with Crippen LogP contribution in [0.4, 0.5) is 0 Å². The van der Waals surface area contributed by atoms with Crippen LogP contribution in [-0.4, -0.2) is 5.16 Å². The SMILES string of the molecule is Cc1ccno1.c1ccc(-c2ccccc2)cc1. The molecule has 0 spiro atoms. The average molecular weight is 237 g/mol. The summed E-state index contributed by atoms with van der Waals surface area (Å²) < 4.78 is 4.58. The zero-order valence-electron chi connectivity index (χ0n) is 10.3. The highest BCUT2D eigenvalue weighted by Gasteiger charge is 1.91. The fraction of sp³-hybridized carbons (Fsp3) is 0.0625. The van der Waals surface area contributed by atoms with Gasteiger partial charge in [0.05, 0.1) is 6.20 Å². The Morgan fingerprint density at radius 1 is 0.722 bits per heavy atom. The van der Waals surface area contributed by atoms with Gasteiger partial charge in [0.25, 0.3) is 0 Å². The normalized spacial score (nSPS) is 9.39. The van der Waals surface area contributed by atoms with Gasteiger partial charge >= 0.3 is 0 Å². The first kappa shape index (κ1) is 12.1. The van der Waals surface area contributed by atoms with Crippen LogP contribution in [0.2, 0.25) is 0 Å². The van der Waals surface area contributed by atoms with Crippen molar-refractivity contribution in [2.24, 2.45) is 0 Å². The lowest BCUT2D eigenvalue weighted by atomic mass is 10.1. The Bertz CT molecular complexity index is 507. The van der Waals surface area contributed by atoms with E-state index in [9.17, 15) is 0 Å². The largest absolute Gasteiger partial charge is 0.362 e. The van der Waals surface area contributed by atoms with Crippen LogP contribution in [0.15, 0.2) is 77.4 Å². The highest BCUT2D eigenvalue weighted by molar-refractivity contribution is 5.62. The van der Waals surface area contributed by atoms with Gasteiger partial charge in [-0.3, -0.25) is 0 Å². The molecule has 0 amide bonds. The molecule has 0 aliphatic heterocycles. The van der Waals surface area contributed by atoms with E-state index in [1.54, 1.807) is 12.3 Å². The molecule has 0 saturated heterocycles. The average Bonchev–Trinajstić information content (AvgIpc) is 2.93. The third-order valence-corrected chi connectivity index (χ3v) is 2.45. The Labute approximate surface area is 107 Å². The van der Waals surface area contributed by atoms with Gasteiger partial charge in [0, 0.05) is 6.07 Å². The lowest BCUT2D eigenvalue weighted by molar-refractivity contribution is 0.397. The van der Waals surface area contributed by atoms with Crippen molar-refractivity contribution >= 4 is 0 Å². The van der Waals surface area contributed by atoms with Crippen molar-refractivity contribution in [2.75, 3.05) is 0 Å². The van der Waals surface area contributed by atoms with E-state index >= 15 is 0 Å². The summed E-state index contributed by atoms with van der Waals surface area (Å²) in [7, 11) is 0. The summed E-state index contributed by atoms with van der Waals surface area (Å²) in [6.07, 6.45) is 1.62. The Kier molecular flexibility index (Phi) is 4.31. The van der Waals surface area contributed by atoms with E-state index in [-0.39, 0.29) is 0 Å². The maximum atomic E-state index is 4.58. The maximum absolute atomic E-state index is 4.58. The van der Waals surface area contributed by atoms with Crippen molar-refractivity contribution in [1.29, 1.82) is 0 Å². The molecule has 3 aromatic rings. The van der Waals surface area contributed by atoms with Crippen molar-refractivity contribution in [3.63, 3.8) is 0 Å². The van der Waals surface area contributed by atoms with Crippen LogP contribution in [0.25, 0.3) is 11.1 Å². The summed E-state index contributed by atoms with van der Waals surface area (Å²) in [4.78, 5) is 0. The number of aryl methyl sites for hydroxylation is 1. The van der Waals surface area contributed by atoms with Crippen LogP contribution in [0, 0.1) is 6.92 Å². The predicted molar refractivity (Wildman–Crippen MR) is 73.1 cm³/mol. The first-order chi connectivity index (χ1) is 8.86. The van der Waals surface area contributed by atoms with Crippen LogP contribution in [0.5, 0.6) is 0 Å². The van der Waals surface area contributed by atoms with Crippen LogP contribution in [0.3, 0.4) is 0 Å². The Balaban J connectivity index is 0.000000169. The molecule has 90 valence electrons. The first-order valence-corrected chi connectivity index (χ1v) is 5.84. The van der Waals surface area contributed by atoms with Crippen molar-refractivity contribution in [3.8, 4) is 11.1 Å². The molecule has 1 aromatic heterocycles. The second-order valence-electron chi connectivity index (χ2n) is 3.86. The van der Waals surface area contributed by atoms with Crippen molar-refractivity contribution in [2.45, 2.75) is 6.92 Å². The quantitative estimate of drug-likeness (QED) is 0.629. The van der Waals surface area contributed by atoms with Crippen LogP contribution >= 0.6 is 0 Å². The molecule has 2 heteroatoms. The van der Waals surface area contributed by atoms with E-state index in [4.69, 9.17) is 0 Å². The number of hydrogen-bond acceptors (Lipinski definition) is 2. The Morgan fingerprint density at radius 2 is 1.22 bits per heavy atom. The number of rotatable bonds is 1. The topological polar surface area (TPSA) is 26.0 Å². The van der Waals surface area contributed by atoms with Gasteiger partial charge in [0.15, 0.2) is 0 Å². The summed E-state index contributed by atoms with van der Waals surface area (Å²) in [5.74, 6) is 0.856.